The first-order valence-electron chi connectivity index (χ1n) is 10.3. The lowest BCUT2D eigenvalue weighted by atomic mass is 9.74. The molecule has 0 radical (unpaired) electrons. The minimum atomic E-state index is -0.663. The molecule has 1 aromatic carbocycles. The van der Waals surface area contributed by atoms with Crippen molar-refractivity contribution in [3.63, 3.8) is 0 Å². The number of nitrogens with zero attached hydrogens (tertiary/aromatic N) is 2. The summed E-state index contributed by atoms with van der Waals surface area (Å²) in [5.74, 6) is 0.737. The van der Waals surface area contributed by atoms with Gasteiger partial charge in [-0.2, -0.15) is 0 Å². The molecule has 2 aromatic rings. The molecule has 1 aliphatic heterocycles. The number of rotatable bonds is 5. The van der Waals surface area contributed by atoms with Crippen molar-refractivity contribution in [2.24, 2.45) is 5.92 Å². The van der Waals surface area contributed by atoms with E-state index in [9.17, 15) is 5.11 Å². The van der Waals surface area contributed by atoms with E-state index in [1.807, 2.05) is 18.3 Å². The first-order chi connectivity index (χ1) is 13.2. The summed E-state index contributed by atoms with van der Waals surface area (Å²) in [6, 6.07) is 14.7. The highest BCUT2D eigenvalue weighted by molar-refractivity contribution is 5.66. The number of pyridine rings is 1. The first-order valence-corrected chi connectivity index (χ1v) is 10.3. The van der Waals surface area contributed by atoms with Crippen LogP contribution in [0.4, 0.5) is 0 Å². The van der Waals surface area contributed by atoms with Crippen LogP contribution in [0.15, 0.2) is 60.9 Å². The van der Waals surface area contributed by atoms with Gasteiger partial charge in [-0.05, 0) is 68.2 Å². The van der Waals surface area contributed by atoms with Crippen molar-refractivity contribution in [2.45, 2.75) is 44.1 Å². The molecule has 2 heterocycles. The highest BCUT2D eigenvalue weighted by Gasteiger charge is 2.34. The highest BCUT2D eigenvalue weighted by atomic mass is 16.3. The largest absolute Gasteiger partial charge is 0.385 e. The molecule has 0 unspecified atom stereocenters. The lowest BCUT2D eigenvalue weighted by molar-refractivity contribution is -0.0163. The van der Waals surface area contributed by atoms with Gasteiger partial charge < -0.3 is 5.11 Å². The van der Waals surface area contributed by atoms with E-state index < -0.39 is 5.60 Å². The molecule has 0 spiro atoms. The number of hydrogen-bond acceptors (Lipinski definition) is 3. The first kappa shape index (κ1) is 18.4. The van der Waals surface area contributed by atoms with E-state index in [4.69, 9.17) is 0 Å². The van der Waals surface area contributed by atoms with Gasteiger partial charge in [-0.3, -0.25) is 9.88 Å². The Kier molecular flexibility index (Phi) is 5.70. The quantitative estimate of drug-likeness (QED) is 0.842. The molecule has 0 bridgehead atoms. The third kappa shape index (κ3) is 4.48. The Bertz CT molecular complexity index is 748. The molecule has 3 nitrogen and oxygen atoms in total. The van der Waals surface area contributed by atoms with Gasteiger partial charge in [-0.1, -0.05) is 42.5 Å². The third-order valence-electron chi connectivity index (χ3n) is 6.42. The number of hydrogen-bond donors (Lipinski definition) is 1. The summed E-state index contributed by atoms with van der Waals surface area (Å²) in [5.41, 5.74) is 3.19. The van der Waals surface area contributed by atoms with Gasteiger partial charge in [0.25, 0.3) is 0 Å². The minimum absolute atomic E-state index is 0.663. The molecule has 1 aliphatic carbocycles. The van der Waals surface area contributed by atoms with E-state index >= 15 is 0 Å². The van der Waals surface area contributed by atoms with E-state index in [0.29, 0.717) is 0 Å². The average molecular weight is 363 g/mol. The Balaban J connectivity index is 1.24. The molecule has 3 heteroatoms. The molecule has 2 aliphatic rings. The van der Waals surface area contributed by atoms with Crippen molar-refractivity contribution in [1.82, 2.24) is 9.88 Å². The summed E-state index contributed by atoms with van der Waals surface area (Å²) in [6.07, 6.45) is 12.4. The maximum atomic E-state index is 11.0. The maximum Gasteiger partial charge on any atom is 0.0911 e. The van der Waals surface area contributed by atoms with Crippen molar-refractivity contribution < 1.29 is 5.11 Å². The Hall–Kier alpha value is -1.97. The Labute approximate surface area is 162 Å². The van der Waals surface area contributed by atoms with Crippen LogP contribution in [-0.4, -0.2) is 34.6 Å². The van der Waals surface area contributed by atoms with E-state index in [-0.39, 0.29) is 0 Å². The monoisotopic (exact) mass is 362 g/mol. The average Bonchev–Trinajstić information content (AvgIpc) is 2.75. The van der Waals surface area contributed by atoms with Crippen molar-refractivity contribution in [2.75, 3.05) is 19.6 Å². The molecule has 1 fully saturated rings. The van der Waals surface area contributed by atoms with Gasteiger partial charge >= 0.3 is 0 Å². The fourth-order valence-corrected chi connectivity index (χ4v) is 4.56. The SMILES string of the molecule is O[C@]1(c2cccnc2)CC[C@H](CCN2CC=C(c3ccccc3)CC2)CC1. The molecule has 27 heavy (non-hydrogen) atoms. The molecule has 0 atom stereocenters. The second-order valence-corrected chi connectivity index (χ2v) is 8.15. The van der Waals surface area contributed by atoms with E-state index in [2.05, 4.69) is 46.3 Å². The highest BCUT2D eigenvalue weighted by Crippen LogP contribution is 2.40. The van der Waals surface area contributed by atoms with Gasteiger partial charge in [0.1, 0.15) is 0 Å². The summed E-state index contributed by atoms with van der Waals surface area (Å²) < 4.78 is 0. The summed E-state index contributed by atoms with van der Waals surface area (Å²) in [6.45, 7) is 3.40. The number of benzene rings is 1. The van der Waals surface area contributed by atoms with Crippen LogP contribution in [0.3, 0.4) is 0 Å². The molecule has 1 saturated carbocycles. The number of aliphatic hydroxyl groups is 1. The van der Waals surface area contributed by atoms with Gasteiger partial charge in [0.05, 0.1) is 5.60 Å². The molecule has 1 N–H and O–H groups in total. The van der Waals surface area contributed by atoms with Crippen LogP contribution in [0.5, 0.6) is 0 Å². The Morgan fingerprint density at radius 1 is 1.07 bits per heavy atom. The topological polar surface area (TPSA) is 36.4 Å². The molecule has 4 rings (SSSR count). The minimum Gasteiger partial charge on any atom is -0.385 e. The van der Waals surface area contributed by atoms with Crippen LogP contribution in [0.1, 0.15) is 49.7 Å². The van der Waals surface area contributed by atoms with Crippen LogP contribution in [0.25, 0.3) is 5.57 Å². The summed E-state index contributed by atoms with van der Waals surface area (Å²) >= 11 is 0. The zero-order valence-corrected chi connectivity index (χ0v) is 16.1. The van der Waals surface area contributed by atoms with Crippen LogP contribution >= 0.6 is 0 Å². The lowest BCUT2D eigenvalue weighted by Crippen LogP contribution is -2.34. The zero-order valence-electron chi connectivity index (χ0n) is 16.1. The van der Waals surface area contributed by atoms with Gasteiger partial charge in [0.2, 0.25) is 0 Å². The molecular weight excluding hydrogens is 332 g/mol. The van der Waals surface area contributed by atoms with Crippen LogP contribution in [0.2, 0.25) is 0 Å². The van der Waals surface area contributed by atoms with Crippen molar-refractivity contribution in [3.05, 3.63) is 72.1 Å². The van der Waals surface area contributed by atoms with Crippen molar-refractivity contribution in [3.8, 4) is 0 Å². The summed E-state index contributed by atoms with van der Waals surface area (Å²) in [4.78, 5) is 6.76. The standard InChI is InChI=1S/C24H30N2O/c27-24(23-7-4-15-25-19-23)13-8-20(9-14-24)10-16-26-17-11-22(12-18-26)21-5-2-1-3-6-21/h1-7,11,15,19-20,27H,8-10,12-14,16-18H2/t20-,24+. The lowest BCUT2D eigenvalue weighted by Gasteiger charge is -2.37. The zero-order chi connectivity index (χ0) is 18.5. The van der Waals surface area contributed by atoms with Gasteiger partial charge in [0, 0.05) is 31.0 Å². The summed E-state index contributed by atoms with van der Waals surface area (Å²) in [5, 5.41) is 11.0. The maximum absolute atomic E-state index is 11.0. The fraction of sp³-hybridized carbons (Fsp3) is 0.458. The molecular formula is C24H30N2O. The third-order valence-corrected chi connectivity index (χ3v) is 6.42. The Morgan fingerprint density at radius 2 is 1.89 bits per heavy atom. The smallest absolute Gasteiger partial charge is 0.0911 e. The molecule has 142 valence electrons. The van der Waals surface area contributed by atoms with Gasteiger partial charge in [-0.15, -0.1) is 0 Å². The Morgan fingerprint density at radius 3 is 2.56 bits per heavy atom. The van der Waals surface area contributed by atoms with Crippen molar-refractivity contribution >= 4 is 5.57 Å². The normalized spacial score (nSPS) is 26.6. The summed E-state index contributed by atoms with van der Waals surface area (Å²) in [7, 11) is 0. The van der Waals surface area contributed by atoms with E-state index in [0.717, 1.165) is 56.7 Å². The van der Waals surface area contributed by atoms with Crippen LogP contribution in [-0.2, 0) is 5.60 Å². The van der Waals surface area contributed by atoms with Gasteiger partial charge in [-0.25, -0.2) is 0 Å². The second-order valence-electron chi connectivity index (χ2n) is 8.15. The van der Waals surface area contributed by atoms with Gasteiger partial charge in [0.15, 0.2) is 0 Å². The second kappa shape index (κ2) is 8.37. The van der Waals surface area contributed by atoms with Crippen molar-refractivity contribution in [1.29, 1.82) is 0 Å². The molecule has 1 aromatic heterocycles. The predicted octanol–water partition coefficient (Wildman–Crippen LogP) is 4.64. The molecule has 0 amide bonds. The van der Waals surface area contributed by atoms with Crippen LogP contribution in [0, 0.1) is 5.92 Å². The van der Waals surface area contributed by atoms with Crippen LogP contribution < -0.4 is 0 Å². The predicted molar refractivity (Wildman–Crippen MR) is 110 cm³/mol. The number of aromatic nitrogens is 1. The van der Waals surface area contributed by atoms with E-state index in [1.165, 1.54) is 24.1 Å². The fourth-order valence-electron chi connectivity index (χ4n) is 4.56. The van der Waals surface area contributed by atoms with E-state index in [1.54, 1.807) is 6.20 Å². The molecule has 0 saturated heterocycles.